The first-order chi connectivity index (χ1) is 17.4. The van der Waals surface area contributed by atoms with Gasteiger partial charge in [-0.3, -0.25) is 4.98 Å². The van der Waals surface area contributed by atoms with Gasteiger partial charge in [-0.05, 0) is 42.5 Å². The molecule has 0 fully saturated rings. The van der Waals surface area contributed by atoms with E-state index in [1.54, 1.807) is 50.5 Å². The minimum absolute atomic E-state index is 0.0901. The van der Waals surface area contributed by atoms with E-state index < -0.39 is 32.7 Å². The zero-order valence-corrected chi connectivity index (χ0v) is 21.3. The first-order valence-corrected chi connectivity index (χ1v) is 12.8. The number of pyridine rings is 1. The van der Waals surface area contributed by atoms with Crippen molar-refractivity contribution in [2.75, 3.05) is 6.54 Å². The molecule has 0 aliphatic rings. The predicted molar refractivity (Wildman–Crippen MR) is 137 cm³/mol. The van der Waals surface area contributed by atoms with Crippen molar-refractivity contribution in [3.8, 4) is 34.0 Å². The lowest BCUT2D eigenvalue weighted by Gasteiger charge is -2.22. The van der Waals surface area contributed by atoms with E-state index in [0.29, 0.717) is 22.8 Å². The van der Waals surface area contributed by atoms with Crippen LogP contribution in [0.4, 0.5) is 0 Å². The Labute approximate surface area is 217 Å². The van der Waals surface area contributed by atoms with Crippen molar-refractivity contribution < 1.29 is 28.5 Å². The number of rotatable bonds is 8. The second-order valence-corrected chi connectivity index (χ2v) is 11.1. The normalized spacial score (nSPS) is 12.0. The number of aromatic amines is 1. The molecule has 4 aromatic rings. The van der Waals surface area contributed by atoms with Crippen LogP contribution in [0.3, 0.4) is 0 Å². The van der Waals surface area contributed by atoms with E-state index in [4.69, 9.17) is 16.6 Å². The number of hydrogen-bond acceptors (Lipinski definition) is 7. The molecule has 10 nitrogen and oxygen atoms in total. The van der Waals surface area contributed by atoms with Crippen LogP contribution in [0, 0.1) is 0 Å². The molecule has 0 saturated carbocycles. The Bertz CT molecular complexity index is 1590. The first-order valence-electron chi connectivity index (χ1n) is 10.9. The number of aromatic nitrogens is 3. The number of sulfonamides is 1. The number of H-pyrrole nitrogens is 1. The van der Waals surface area contributed by atoms with Crippen LogP contribution >= 0.6 is 11.6 Å². The molecular weight excluding hydrogens is 520 g/mol. The lowest BCUT2D eigenvalue weighted by molar-refractivity contribution is 0.0693. The fourth-order valence-electron chi connectivity index (χ4n) is 3.59. The van der Waals surface area contributed by atoms with Crippen molar-refractivity contribution in [1.29, 1.82) is 0 Å². The number of carboxylic acids is 1. The summed E-state index contributed by atoms with van der Waals surface area (Å²) in [5.41, 5.74) is 1.16. The van der Waals surface area contributed by atoms with Crippen molar-refractivity contribution in [1.82, 2.24) is 19.7 Å². The van der Waals surface area contributed by atoms with Gasteiger partial charge in [-0.1, -0.05) is 31.5 Å². The molecule has 37 heavy (non-hydrogen) atoms. The Balaban J connectivity index is 1.69. The third kappa shape index (κ3) is 5.43. The summed E-state index contributed by atoms with van der Waals surface area (Å²) in [6.45, 7) is 3.48. The Morgan fingerprint density at radius 1 is 1.03 bits per heavy atom. The summed E-state index contributed by atoms with van der Waals surface area (Å²) in [5.74, 6) is -1.63. The number of carboxylic acid groups (broad SMARTS) is 1. The molecule has 0 bridgehead atoms. The number of nitrogens with one attached hydrogen (secondary N) is 2. The molecule has 12 heteroatoms. The molecule has 4 rings (SSSR count). The highest BCUT2D eigenvalue weighted by Gasteiger charge is 2.30. The second kappa shape index (κ2) is 9.85. The van der Waals surface area contributed by atoms with Crippen molar-refractivity contribution in [3.05, 3.63) is 77.3 Å². The number of aromatic carboxylic acids is 1. The second-order valence-electron chi connectivity index (χ2n) is 8.90. The van der Waals surface area contributed by atoms with E-state index in [1.165, 1.54) is 6.07 Å². The number of phenolic OH excluding ortho intramolecular Hbond substituents is 1. The zero-order valence-electron chi connectivity index (χ0n) is 19.7. The molecule has 0 radical (unpaired) electrons. The van der Waals surface area contributed by atoms with Crippen LogP contribution in [0.1, 0.15) is 30.0 Å². The maximum atomic E-state index is 12.9. The van der Waals surface area contributed by atoms with Gasteiger partial charge in [0.15, 0.2) is 0 Å². The first kappa shape index (κ1) is 26.1. The number of phenols is 2. The minimum atomic E-state index is -4.11. The van der Waals surface area contributed by atoms with E-state index in [0.717, 1.165) is 23.8 Å². The molecule has 0 unspecified atom stereocenters. The molecule has 192 valence electrons. The SMILES string of the molecule is CC(C)(CNS(=O)(=O)c1ccc(O)c(C(=O)O)c1)c1nc(-c2ccc(Cl)c(O)c2)c(-c2ccncc2)[nH]1. The largest absolute Gasteiger partial charge is 0.507 e. The molecule has 0 aliphatic heterocycles. The Kier molecular flexibility index (Phi) is 6.96. The number of halogens is 1. The number of hydrogen-bond donors (Lipinski definition) is 5. The third-order valence-corrected chi connectivity index (χ3v) is 7.46. The van der Waals surface area contributed by atoms with Crippen LogP contribution in [0.25, 0.3) is 22.5 Å². The lowest BCUT2D eigenvalue weighted by atomic mass is 9.93. The topological polar surface area (TPSA) is 165 Å². The molecule has 2 heterocycles. The molecule has 0 saturated heterocycles. The molecule has 2 aromatic carbocycles. The van der Waals surface area contributed by atoms with E-state index in [9.17, 15) is 28.5 Å². The van der Waals surface area contributed by atoms with E-state index in [-0.39, 0.29) is 22.2 Å². The number of benzene rings is 2. The van der Waals surface area contributed by atoms with E-state index in [1.807, 2.05) is 0 Å². The third-order valence-electron chi connectivity index (χ3n) is 5.75. The van der Waals surface area contributed by atoms with Gasteiger partial charge in [0.05, 0.1) is 21.3 Å². The molecule has 0 amide bonds. The summed E-state index contributed by atoms with van der Waals surface area (Å²) >= 11 is 5.97. The summed E-state index contributed by atoms with van der Waals surface area (Å²) in [5, 5.41) is 29.2. The molecule has 0 spiro atoms. The molecule has 2 aromatic heterocycles. The van der Waals surface area contributed by atoms with Crippen LogP contribution in [0.2, 0.25) is 5.02 Å². The number of nitrogens with zero attached hydrogens (tertiary/aromatic N) is 2. The van der Waals surface area contributed by atoms with Crippen molar-refractivity contribution in [3.63, 3.8) is 0 Å². The standard InChI is InChI=1S/C25H23ClN4O6S/c1-25(2,13-28-37(35,36)16-4-6-19(31)17(12-16)23(33)34)24-29-21(14-7-9-27-10-8-14)22(30-24)15-3-5-18(26)20(32)11-15/h3-12,28,31-32H,13H2,1-2H3,(H,29,30)(H,33,34). The highest BCUT2D eigenvalue weighted by molar-refractivity contribution is 7.89. The monoisotopic (exact) mass is 542 g/mol. The van der Waals surface area contributed by atoms with Gasteiger partial charge in [0.1, 0.15) is 22.9 Å². The van der Waals surface area contributed by atoms with Crippen LogP contribution < -0.4 is 4.72 Å². The lowest BCUT2D eigenvalue weighted by Crippen LogP contribution is -2.37. The maximum Gasteiger partial charge on any atom is 0.339 e. The quantitative estimate of drug-likeness (QED) is 0.221. The van der Waals surface area contributed by atoms with Gasteiger partial charge in [-0.2, -0.15) is 0 Å². The smallest absolute Gasteiger partial charge is 0.339 e. The Morgan fingerprint density at radius 3 is 2.38 bits per heavy atom. The van der Waals surface area contributed by atoms with Crippen molar-refractivity contribution in [2.45, 2.75) is 24.2 Å². The van der Waals surface area contributed by atoms with Crippen LogP contribution in [-0.2, 0) is 15.4 Å². The van der Waals surface area contributed by atoms with E-state index >= 15 is 0 Å². The average molecular weight is 543 g/mol. The van der Waals surface area contributed by atoms with Gasteiger partial charge in [-0.25, -0.2) is 22.9 Å². The Hall–Kier alpha value is -3.93. The van der Waals surface area contributed by atoms with E-state index in [2.05, 4.69) is 14.7 Å². The fraction of sp³-hybridized carbons (Fsp3) is 0.160. The predicted octanol–water partition coefficient (Wildman–Crippen LogP) is 4.16. The summed E-state index contributed by atoms with van der Waals surface area (Å²) < 4.78 is 28.3. The minimum Gasteiger partial charge on any atom is -0.507 e. The number of carbonyl (C=O) groups is 1. The number of aromatic hydroxyl groups is 2. The van der Waals surface area contributed by atoms with Gasteiger partial charge in [0, 0.05) is 35.5 Å². The maximum absolute atomic E-state index is 12.9. The summed E-state index contributed by atoms with van der Waals surface area (Å²) in [6, 6.07) is 11.4. The van der Waals surface area contributed by atoms with Crippen molar-refractivity contribution >= 4 is 27.6 Å². The molecule has 0 atom stereocenters. The molecule has 0 aliphatic carbocycles. The fourth-order valence-corrected chi connectivity index (χ4v) is 4.94. The number of imidazole rings is 1. The van der Waals surface area contributed by atoms with Gasteiger partial charge in [-0.15, -0.1) is 0 Å². The van der Waals surface area contributed by atoms with Crippen LogP contribution in [0.5, 0.6) is 11.5 Å². The van der Waals surface area contributed by atoms with Gasteiger partial charge in [0.2, 0.25) is 10.0 Å². The van der Waals surface area contributed by atoms with Gasteiger partial charge in [0.25, 0.3) is 0 Å². The van der Waals surface area contributed by atoms with Gasteiger partial charge < -0.3 is 20.3 Å². The van der Waals surface area contributed by atoms with Crippen molar-refractivity contribution in [2.24, 2.45) is 0 Å². The average Bonchev–Trinajstić information content (AvgIpc) is 3.32. The van der Waals surface area contributed by atoms with Crippen LogP contribution in [-0.4, -0.2) is 51.2 Å². The molecule has 5 N–H and O–H groups in total. The summed E-state index contributed by atoms with van der Waals surface area (Å²) in [4.78, 5) is 23.1. The highest BCUT2D eigenvalue weighted by atomic mass is 35.5. The van der Waals surface area contributed by atoms with Crippen LogP contribution in [0.15, 0.2) is 65.8 Å². The zero-order chi connectivity index (χ0) is 27.0. The van der Waals surface area contributed by atoms with Gasteiger partial charge >= 0.3 is 5.97 Å². The summed E-state index contributed by atoms with van der Waals surface area (Å²) in [7, 11) is -4.11. The highest BCUT2D eigenvalue weighted by Crippen LogP contribution is 2.36. The Morgan fingerprint density at radius 2 is 1.73 bits per heavy atom. The molecular formula is C25H23ClN4O6S. The summed E-state index contributed by atoms with van der Waals surface area (Å²) in [6.07, 6.45) is 3.25.